The second kappa shape index (κ2) is 6.39. The van der Waals surface area contributed by atoms with Gasteiger partial charge in [0, 0.05) is 10.6 Å². The minimum absolute atomic E-state index is 0.287. The van der Waals surface area contributed by atoms with Crippen molar-refractivity contribution in [3.8, 4) is 0 Å². The van der Waals surface area contributed by atoms with E-state index in [0.29, 0.717) is 33.6 Å². The van der Waals surface area contributed by atoms with Crippen LogP contribution in [0, 0.1) is 19.8 Å². The Kier molecular flexibility index (Phi) is 4.45. The number of nitrogens with zero attached hydrogens (tertiary/aromatic N) is 1. The Balaban J connectivity index is 1.82. The zero-order valence-corrected chi connectivity index (χ0v) is 15.1. The molecule has 24 heavy (non-hydrogen) atoms. The molecule has 0 saturated heterocycles. The number of carbonyl (C=O) groups is 2. The summed E-state index contributed by atoms with van der Waals surface area (Å²) in [6, 6.07) is 0. The zero-order chi connectivity index (χ0) is 17.4. The van der Waals surface area contributed by atoms with E-state index in [4.69, 9.17) is 4.74 Å². The Hall–Kier alpha value is -2.15. The van der Waals surface area contributed by atoms with Crippen molar-refractivity contribution in [2.75, 3.05) is 12.4 Å². The normalized spacial score (nSPS) is 16.6. The van der Waals surface area contributed by atoms with Gasteiger partial charge in [-0.2, -0.15) is 0 Å². The summed E-state index contributed by atoms with van der Waals surface area (Å²) in [5.41, 5.74) is 3.09. The first-order valence-corrected chi connectivity index (χ1v) is 8.79. The third-order valence-corrected chi connectivity index (χ3v) is 5.50. The fourth-order valence-corrected chi connectivity index (χ4v) is 4.30. The molecule has 1 aliphatic carbocycles. The highest BCUT2D eigenvalue weighted by atomic mass is 32.1. The van der Waals surface area contributed by atoms with Crippen LogP contribution in [0.2, 0.25) is 0 Å². The van der Waals surface area contributed by atoms with Crippen LogP contribution in [0.5, 0.6) is 0 Å². The Morgan fingerprint density at radius 2 is 2.12 bits per heavy atom. The van der Waals surface area contributed by atoms with Crippen LogP contribution < -0.4 is 5.32 Å². The molecule has 0 bridgehead atoms. The molecule has 1 aliphatic rings. The van der Waals surface area contributed by atoms with Crippen LogP contribution in [0.4, 0.5) is 5.13 Å². The van der Waals surface area contributed by atoms with Gasteiger partial charge >= 0.3 is 5.97 Å². The first-order chi connectivity index (χ1) is 11.4. The van der Waals surface area contributed by atoms with Gasteiger partial charge in [-0.05, 0) is 44.6 Å². The fourth-order valence-electron chi connectivity index (χ4n) is 3.14. The maximum Gasteiger partial charge on any atom is 0.339 e. The number of ether oxygens (including phenoxy) is 1. The minimum Gasteiger partial charge on any atom is -0.465 e. The molecule has 128 valence electrons. The minimum atomic E-state index is -0.445. The Labute approximate surface area is 144 Å². The van der Waals surface area contributed by atoms with Crippen LogP contribution in [0.1, 0.15) is 56.0 Å². The number of hydrogen-bond acceptors (Lipinski definition) is 5. The second-order valence-corrected chi connectivity index (χ2v) is 7.39. The van der Waals surface area contributed by atoms with E-state index in [1.165, 1.54) is 12.0 Å². The standard InChI is InChI=1S/C17H21N3O3S/c1-8-5-6-11-12(7-8)24-17(19-11)20-15(21)14-9(2)13(10(3)18-14)16(22)23-4/h8,18H,5-7H2,1-4H3,(H,19,20,21). The van der Waals surface area contributed by atoms with Crippen LogP contribution in [0.25, 0.3) is 0 Å². The summed E-state index contributed by atoms with van der Waals surface area (Å²) in [6.45, 7) is 5.72. The van der Waals surface area contributed by atoms with Gasteiger partial charge in [0.25, 0.3) is 5.91 Å². The van der Waals surface area contributed by atoms with Gasteiger partial charge < -0.3 is 9.72 Å². The van der Waals surface area contributed by atoms with Crippen LogP contribution in [0.15, 0.2) is 0 Å². The van der Waals surface area contributed by atoms with Gasteiger partial charge in [0.05, 0.1) is 18.4 Å². The average Bonchev–Trinajstić information content (AvgIpc) is 3.06. The molecule has 2 N–H and O–H groups in total. The Morgan fingerprint density at radius 3 is 2.83 bits per heavy atom. The predicted octanol–water partition coefficient (Wildman–Crippen LogP) is 3.25. The summed E-state index contributed by atoms with van der Waals surface area (Å²) < 4.78 is 4.77. The highest BCUT2D eigenvalue weighted by Gasteiger charge is 2.24. The summed E-state index contributed by atoms with van der Waals surface area (Å²) >= 11 is 1.54. The lowest BCUT2D eigenvalue weighted by Gasteiger charge is -2.15. The molecule has 7 heteroatoms. The smallest absolute Gasteiger partial charge is 0.339 e. The molecule has 2 heterocycles. The number of thiazole rings is 1. The van der Waals surface area contributed by atoms with E-state index >= 15 is 0 Å². The number of carbonyl (C=O) groups excluding carboxylic acids is 2. The number of rotatable bonds is 3. The number of hydrogen-bond donors (Lipinski definition) is 2. The van der Waals surface area contributed by atoms with Crippen molar-refractivity contribution in [1.29, 1.82) is 0 Å². The number of anilines is 1. The molecule has 2 aromatic rings. The largest absolute Gasteiger partial charge is 0.465 e. The number of methoxy groups -OCH3 is 1. The molecular weight excluding hydrogens is 326 g/mol. The van der Waals surface area contributed by atoms with Gasteiger partial charge in [-0.3, -0.25) is 10.1 Å². The van der Waals surface area contributed by atoms with E-state index in [9.17, 15) is 9.59 Å². The summed E-state index contributed by atoms with van der Waals surface area (Å²) in [4.78, 5) is 33.2. The monoisotopic (exact) mass is 347 g/mol. The number of nitrogens with one attached hydrogen (secondary N) is 2. The lowest BCUT2D eigenvalue weighted by Crippen LogP contribution is -2.14. The summed E-state index contributed by atoms with van der Waals surface area (Å²) in [5.74, 6) is -0.0682. The lowest BCUT2D eigenvalue weighted by atomic mass is 9.93. The van der Waals surface area contributed by atoms with Crippen LogP contribution in [-0.2, 0) is 17.6 Å². The van der Waals surface area contributed by atoms with Crippen LogP contribution in [0.3, 0.4) is 0 Å². The number of aromatic amines is 1. The number of esters is 1. The molecule has 0 spiro atoms. The Bertz CT molecular complexity index is 806. The van der Waals surface area contributed by atoms with E-state index in [1.54, 1.807) is 25.2 Å². The Morgan fingerprint density at radius 1 is 1.38 bits per heavy atom. The number of amides is 1. The molecule has 6 nitrogen and oxygen atoms in total. The first-order valence-electron chi connectivity index (χ1n) is 7.98. The van der Waals surface area contributed by atoms with Crippen molar-refractivity contribution < 1.29 is 14.3 Å². The van der Waals surface area contributed by atoms with E-state index in [0.717, 1.165) is 25.0 Å². The van der Waals surface area contributed by atoms with Crippen molar-refractivity contribution in [1.82, 2.24) is 9.97 Å². The molecule has 0 aromatic carbocycles. The number of H-pyrrole nitrogens is 1. The highest BCUT2D eigenvalue weighted by Crippen LogP contribution is 2.32. The van der Waals surface area contributed by atoms with E-state index in [2.05, 4.69) is 22.2 Å². The first kappa shape index (κ1) is 16.7. The molecule has 1 atom stereocenters. The second-order valence-electron chi connectivity index (χ2n) is 6.31. The van der Waals surface area contributed by atoms with Crippen molar-refractivity contribution in [3.63, 3.8) is 0 Å². The SMILES string of the molecule is COC(=O)c1c(C)[nH]c(C(=O)Nc2nc3c(s2)CC(C)CC3)c1C. The predicted molar refractivity (Wildman–Crippen MR) is 92.9 cm³/mol. The molecule has 0 aliphatic heterocycles. The fraction of sp³-hybridized carbons (Fsp3) is 0.471. The van der Waals surface area contributed by atoms with E-state index in [-0.39, 0.29) is 5.91 Å². The van der Waals surface area contributed by atoms with Crippen molar-refractivity contribution in [2.45, 2.75) is 40.0 Å². The van der Waals surface area contributed by atoms with E-state index < -0.39 is 5.97 Å². The molecule has 0 fully saturated rings. The third-order valence-electron chi connectivity index (χ3n) is 4.46. The number of aryl methyl sites for hydroxylation is 2. The van der Waals surface area contributed by atoms with Crippen molar-refractivity contribution in [3.05, 3.63) is 33.1 Å². The zero-order valence-electron chi connectivity index (χ0n) is 14.3. The third kappa shape index (κ3) is 2.96. The van der Waals surface area contributed by atoms with Gasteiger partial charge in [0.1, 0.15) is 5.69 Å². The molecule has 2 aromatic heterocycles. The molecule has 1 unspecified atom stereocenters. The molecule has 0 saturated carbocycles. The summed E-state index contributed by atoms with van der Waals surface area (Å²) in [7, 11) is 1.33. The lowest BCUT2D eigenvalue weighted by molar-refractivity contribution is 0.0599. The number of aromatic nitrogens is 2. The van der Waals surface area contributed by atoms with Crippen LogP contribution in [-0.4, -0.2) is 29.0 Å². The highest BCUT2D eigenvalue weighted by molar-refractivity contribution is 7.15. The van der Waals surface area contributed by atoms with Gasteiger partial charge in [0.2, 0.25) is 0 Å². The molecule has 0 radical (unpaired) electrons. The molecule has 3 rings (SSSR count). The average molecular weight is 347 g/mol. The van der Waals surface area contributed by atoms with Crippen molar-refractivity contribution in [2.24, 2.45) is 5.92 Å². The topological polar surface area (TPSA) is 84.1 Å². The van der Waals surface area contributed by atoms with Gasteiger partial charge in [-0.1, -0.05) is 6.92 Å². The maximum absolute atomic E-state index is 12.6. The van der Waals surface area contributed by atoms with Gasteiger partial charge in [0.15, 0.2) is 5.13 Å². The van der Waals surface area contributed by atoms with Gasteiger partial charge in [-0.15, -0.1) is 11.3 Å². The summed E-state index contributed by atoms with van der Waals surface area (Å²) in [6.07, 6.45) is 3.13. The number of fused-ring (bicyclic) bond motifs is 1. The molecular formula is C17H21N3O3S. The summed E-state index contributed by atoms with van der Waals surface area (Å²) in [5, 5.41) is 3.47. The quantitative estimate of drug-likeness (QED) is 0.835. The maximum atomic E-state index is 12.6. The van der Waals surface area contributed by atoms with Gasteiger partial charge in [-0.25, -0.2) is 9.78 Å². The molecule has 1 amide bonds. The van der Waals surface area contributed by atoms with Crippen LogP contribution >= 0.6 is 11.3 Å². The van der Waals surface area contributed by atoms with E-state index in [1.807, 2.05) is 0 Å². The van der Waals surface area contributed by atoms with Crippen molar-refractivity contribution >= 4 is 28.3 Å².